The van der Waals surface area contributed by atoms with Crippen LogP contribution in [-0.2, 0) is 4.12 Å². The number of nitrogens with zero attached hydrogens (tertiary/aromatic N) is 1. The van der Waals surface area contributed by atoms with Crippen molar-refractivity contribution in [3.63, 3.8) is 0 Å². The monoisotopic (exact) mass is 289 g/mol. The first-order chi connectivity index (χ1) is 8.20. The lowest BCUT2D eigenvalue weighted by Crippen LogP contribution is -2.51. The Labute approximate surface area is 117 Å². The Morgan fingerprint density at radius 1 is 0.833 bits per heavy atom. The summed E-state index contributed by atoms with van der Waals surface area (Å²) >= 11 is 0. The van der Waals surface area contributed by atoms with Crippen molar-refractivity contribution in [2.75, 3.05) is 19.3 Å². The molecule has 0 aliphatic rings. The van der Waals surface area contributed by atoms with Crippen LogP contribution in [0, 0.1) is 0 Å². The first-order valence-corrected chi connectivity index (χ1v) is 14.1. The van der Waals surface area contributed by atoms with Crippen molar-refractivity contribution in [2.24, 2.45) is 0 Å². The second-order valence-corrected chi connectivity index (χ2v) is 15.8. The minimum Gasteiger partial charge on any atom is -0.455 e. The van der Waals surface area contributed by atoms with Gasteiger partial charge in [0.2, 0.25) is 0 Å². The summed E-state index contributed by atoms with van der Waals surface area (Å²) in [5, 5.41) is 0. The van der Waals surface area contributed by atoms with Gasteiger partial charge in [-0.05, 0) is 58.7 Å². The van der Waals surface area contributed by atoms with Gasteiger partial charge in [0, 0.05) is 6.17 Å². The zero-order valence-corrected chi connectivity index (χ0v) is 15.8. The normalized spacial score (nSPS) is 13.3. The second kappa shape index (κ2) is 8.51. The van der Waals surface area contributed by atoms with Gasteiger partial charge in [-0.2, -0.15) is 0 Å². The van der Waals surface area contributed by atoms with E-state index in [1.165, 1.54) is 44.9 Å². The highest BCUT2D eigenvalue weighted by atomic mass is 28.4. The number of rotatable bonds is 10. The van der Waals surface area contributed by atoms with Crippen LogP contribution in [0.4, 0.5) is 0 Å². The number of unbranched alkanes of at least 4 members (excludes halogenated alkanes) is 2. The molecule has 4 heteroatoms. The van der Waals surface area contributed by atoms with Crippen LogP contribution in [0.5, 0.6) is 0 Å². The highest BCUT2D eigenvalue weighted by Crippen LogP contribution is 2.16. The Bertz CT molecular complexity index is 206. The van der Waals surface area contributed by atoms with Crippen LogP contribution in [-0.4, -0.2) is 40.8 Å². The van der Waals surface area contributed by atoms with E-state index >= 15 is 0 Å². The van der Waals surface area contributed by atoms with Gasteiger partial charge in [-0.1, -0.05) is 26.7 Å². The van der Waals surface area contributed by atoms with Crippen molar-refractivity contribution in [3.05, 3.63) is 0 Å². The van der Waals surface area contributed by atoms with E-state index in [2.05, 4.69) is 51.5 Å². The maximum absolute atomic E-state index is 6.45. The smallest absolute Gasteiger partial charge is 0.187 e. The van der Waals surface area contributed by atoms with Crippen molar-refractivity contribution >= 4 is 16.6 Å². The SMILES string of the molecule is CCCCN(CCCC)C[Si](C)(C)O[Si](C)(C)C. The topological polar surface area (TPSA) is 12.5 Å². The van der Waals surface area contributed by atoms with Gasteiger partial charge in [-0.3, -0.25) is 0 Å². The van der Waals surface area contributed by atoms with Crippen molar-refractivity contribution < 1.29 is 4.12 Å². The fraction of sp³-hybridized carbons (Fsp3) is 1.00. The molecular weight excluding hydrogens is 254 g/mol. The third kappa shape index (κ3) is 10.3. The van der Waals surface area contributed by atoms with Gasteiger partial charge < -0.3 is 9.02 Å². The molecule has 0 atom stereocenters. The summed E-state index contributed by atoms with van der Waals surface area (Å²) in [4.78, 5) is 2.65. The maximum atomic E-state index is 6.45. The van der Waals surface area contributed by atoms with E-state index in [1.54, 1.807) is 0 Å². The van der Waals surface area contributed by atoms with Gasteiger partial charge in [0.15, 0.2) is 16.6 Å². The van der Waals surface area contributed by atoms with Gasteiger partial charge in [-0.25, -0.2) is 0 Å². The molecule has 18 heavy (non-hydrogen) atoms. The van der Waals surface area contributed by atoms with E-state index in [1.807, 2.05) is 0 Å². The van der Waals surface area contributed by atoms with Crippen molar-refractivity contribution in [1.29, 1.82) is 0 Å². The average molecular weight is 290 g/mol. The van der Waals surface area contributed by atoms with Crippen LogP contribution >= 0.6 is 0 Å². The first-order valence-electron chi connectivity index (χ1n) is 7.62. The maximum Gasteiger partial charge on any atom is 0.187 e. The molecule has 0 aliphatic heterocycles. The van der Waals surface area contributed by atoms with Crippen molar-refractivity contribution in [2.45, 2.75) is 72.3 Å². The van der Waals surface area contributed by atoms with Gasteiger partial charge in [0.05, 0.1) is 0 Å². The minimum atomic E-state index is -1.51. The van der Waals surface area contributed by atoms with Gasteiger partial charge in [0.1, 0.15) is 0 Å². The predicted molar refractivity (Wildman–Crippen MR) is 88.2 cm³/mol. The van der Waals surface area contributed by atoms with Crippen LogP contribution < -0.4 is 0 Å². The van der Waals surface area contributed by atoms with Crippen LogP contribution in [0.3, 0.4) is 0 Å². The molecule has 0 aromatic rings. The Hall–Kier alpha value is 0.354. The van der Waals surface area contributed by atoms with E-state index in [9.17, 15) is 0 Å². The van der Waals surface area contributed by atoms with Crippen LogP contribution in [0.2, 0.25) is 32.7 Å². The summed E-state index contributed by atoms with van der Waals surface area (Å²) < 4.78 is 6.45. The molecule has 0 N–H and O–H groups in total. The molecule has 0 unspecified atom stereocenters. The summed E-state index contributed by atoms with van der Waals surface area (Å²) in [6, 6.07) is 0. The zero-order chi connectivity index (χ0) is 14.2. The van der Waals surface area contributed by atoms with E-state index in [0.717, 1.165) is 0 Å². The number of hydrogen-bond acceptors (Lipinski definition) is 2. The molecule has 0 amide bonds. The molecule has 0 spiro atoms. The molecule has 0 rings (SSSR count). The Balaban J connectivity index is 4.33. The molecule has 0 radical (unpaired) electrons. The largest absolute Gasteiger partial charge is 0.455 e. The standard InChI is InChI=1S/C14H35NOSi2/c1-8-10-12-15(13-11-9-2)14-18(6,7)16-17(3,4)5/h8-14H2,1-7H3. The zero-order valence-electron chi connectivity index (χ0n) is 13.8. The quantitative estimate of drug-likeness (QED) is 0.550. The van der Waals surface area contributed by atoms with Crippen LogP contribution in [0.1, 0.15) is 39.5 Å². The summed E-state index contributed by atoms with van der Waals surface area (Å²) in [5.41, 5.74) is 0. The average Bonchev–Trinajstić information content (AvgIpc) is 2.18. The fourth-order valence-corrected chi connectivity index (χ4v) is 10.7. The lowest BCUT2D eigenvalue weighted by atomic mass is 10.3. The highest BCUT2D eigenvalue weighted by molar-refractivity contribution is 6.84. The van der Waals surface area contributed by atoms with Gasteiger partial charge >= 0.3 is 0 Å². The Morgan fingerprint density at radius 2 is 1.28 bits per heavy atom. The van der Waals surface area contributed by atoms with Gasteiger partial charge in [-0.15, -0.1) is 0 Å². The molecule has 2 nitrogen and oxygen atoms in total. The van der Waals surface area contributed by atoms with E-state index in [4.69, 9.17) is 4.12 Å². The molecule has 0 bridgehead atoms. The highest BCUT2D eigenvalue weighted by Gasteiger charge is 2.31. The van der Waals surface area contributed by atoms with E-state index in [0.29, 0.717) is 0 Å². The second-order valence-electron chi connectivity index (χ2n) is 6.96. The lowest BCUT2D eigenvalue weighted by molar-refractivity contribution is 0.290. The van der Waals surface area contributed by atoms with Crippen LogP contribution in [0.25, 0.3) is 0 Å². The Morgan fingerprint density at radius 3 is 1.61 bits per heavy atom. The molecular formula is C14H35NOSi2. The molecule has 0 aromatic heterocycles. The molecule has 0 fully saturated rings. The van der Waals surface area contributed by atoms with Crippen LogP contribution in [0.15, 0.2) is 0 Å². The third-order valence-corrected chi connectivity index (χ3v) is 8.71. The summed E-state index contributed by atoms with van der Waals surface area (Å²) in [6.07, 6.45) is 6.43. The minimum absolute atomic E-state index is 1.21. The number of hydrogen-bond donors (Lipinski definition) is 0. The third-order valence-electron chi connectivity index (χ3n) is 2.84. The van der Waals surface area contributed by atoms with Crippen molar-refractivity contribution in [3.8, 4) is 0 Å². The van der Waals surface area contributed by atoms with Gasteiger partial charge in [0.25, 0.3) is 0 Å². The lowest BCUT2D eigenvalue weighted by Gasteiger charge is -2.36. The van der Waals surface area contributed by atoms with Crippen molar-refractivity contribution in [1.82, 2.24) is 4.90 Å². The molecule has 0 saturated carbocycles. The fourth-order valence-electron chi connectivity index (χ4n) is 2.43. The van der Waals surface area contributed by atoms with E-state index in [-0.39, 0.29) is 0 Å². The molecule has 0 aromatic carbocycles. The Kier molecular flexibility index (Phi) is 8.68. The molecule has 0 aliphatic carbocycles. The van der Waals surface area contributed by atoms with E-state index < -0.39 is 16.6 Å². The summed E-state index contributed by atoms with van der Waals surface area (Å²) in [7, 11) is -2.90. The first kappa shape index (κ1) is 18.4. The molecule has 0 saturated heterocycles. The summed E-state index contributed by atoms with van der Waals surface area (Å²) in [5.74, 6) is 0. The summed E-state index contributed by atoms with van der Waals surface area (Å²) in [6.45, 7) is 18.8. The molecule has 0 heterocycles. The molecule has 110 valence electrons. The predicted octanol–water partition coefficient (Wildman–Crippen LogP) is 4.48.